The summed E-state index contributed by atoms with van der Waals surface area (Å²) in [4.78, 5) is 29.8. The number of hydrogen-bond acceptors (Lipinski definition) is 6. The maximum absolute atomic E-state index is 14.4. The van der Waals surface area contributed by atoms with Crippen LogP contribution in [0.5, 0.6) is 0 Å². The Kier molecular flexibility index (Phi) is 6.74. The predicted molar refractivity (Wildman–Crippen MR) is 122 cm³/mol. The zero-order chi connectivity index (χ0) is 24.2. The van der Waals surface area contributed by atoms with Gasteiger partial charge in [-0.05, 0) is 24.6 Å². The second-order valence-corrected chi connectivity index (χ2v) is 7.85. The van der Waals surface area contributed by atoms with Crippen LogP contribution in [0.1, 0.15) is 33.5 Å². The first-order valence-corrected chi connectivity index (χ1v) is 10.6. The van der Waals surface area contributed by atoms with Crippen LogP contribution in [-0.2, 0) is 16.6 Å². The molecule has 0 saturated carbocycles. The highest BCUT2D eigenvalue weighted by Crippen LogP contribution is 2.33. The number of aromatic nitrogens is 3. The zero-order valence-electron chi connectivity index (χ0n) is 18.3. The predicted octanol–water partition coefficient (Wildman–Crippen LogP) is 4.24. The Balaban J connectivity index is 1.51. The van der Waals surface area contributed by atoms with Crippen LogP contribution in [0.15, 0.2) is 65.4 Å². The summed E-state index contributed by atoms with van der Waals surface area (Å²) in [5.74, 6) is -1.40. The summed E-state index contributed by atoms with van der Waals surface area (Å²) in [5.41, 5.74) is 0.517. The van der Waals surface area contributed by atoms with E-state index in [1.54, 1.807) is 17.0 Å². The van der Waals surface area contributed by atoms with Crippen molar-refractivity contribution in [3.63, 3.8) is 0 Å². The molecule has 1 atom stereocenters. The van der Waals surface area contributed by atoms with Gasteiger partial charge in [-0.2, -0.15) is 0 Å². The van der Waals surface area contributed by atoms with Crippen molar-refractivity contribution in [3.05, 3.63) is 94.5 Å². The standard InChI is InChI=1S/C24H20ClFN4O4/c1-14-19(22(29-34-14)20-16(25)9-6-10-17(20)26)24(32)33-13-18(31)28-21(15-7-4-3-5-8-15)23-27-11-12-30(23)2/h3-12,21H,13H2,1-2H3,(H,28,31)/t21-/m1/s1. The van der Waals surface area contributed by atoms with Crippen molar-refractivity contribution in [2.24, 2.45) is 7.05 Å². The molecule has 1 amide bonds. The Morgan fingerprint density at radius 1 is 1.21 bits per heavy atom. The monoisotopic (exact) mass is 482 g/mol. The number of nitrogens with zero attached hydrogens (tertiary/aromatic N) is 3. The van der Waals surface area contributed by atoms with E-state index in [0.717, 1.165) is 5.56 Å². The molecule has 4 rings (SSSR count). The highest BCUT2D eigenvalue weighted by atomic mass is 35.5. The van der Waals surface area contributed by atoms with Gasteiger partial charge >= 0.3 is 5.97 Å². The molecule has 0 aliphatic carbocycles. The van der Waals surface area contributed by atoms with Gasteiger partial charge in [0.25, 0.3) is 5.91 Å². The first-order valence-electron chi connectivity index (χ1n) is 10.3. The number of rotatable bonds is 7. The van der Waals surface area contributed by atoms with Gasteiger partial charge in [0.15, 0.2) is 6.61 Å². The number of halogens is 2. The summed E-state index contributed by atoms with van der Waals surface area (Å²) in [6.45, 7) is 0.899. The van der Waals surface area contributed by atoms with Gasteiger partial charge in [-0.1, -0.05) is 53.2 Å². The number of hydrogen-bond donors (Lipinski definition) is 1. The molecule has 4 aromatic rings. The second kappa shape index (κ2) is 9.88. The molecule has 0 aliphatic rings. The summed E-state index contributed by atoms with van der Waals surface area (Å²) in [5, 5.41) is 6.67. The van der Waals surface area contributed by atoms with Crippen molar-refractivity contribution >= 4 is 23.5 Å². The second-order valence-electron chi connectivity index (χ2n) is 7.44. The molecule has 34 heavy (non-hydrogen) atoms. The highest BCUT2D eigenvalue weighted by Gasteiger charge is 2.27. The van der Waals surface area contributed by atoms with Gasteiger partial charge in [-0.3, -0.25) is 4.79 Å². The van der Waals surface area contributed by atoms with Gasteiger partial charge < -0.3 is 19.1 Å². The molecule has 0 bridgehead atoms. The van der Waals surface area contributed by atoms with Gasteiger partial charge in [0, 0.05) is 19.4 Å². The van der Waals surface area contributed by atoms with Crippen LogP contribution in [0, 0.1) is 12.7 Å². The fourth-order valence-corrected chi connectivity index (χ4v) is 3.76. The molecule has 10 heteroatoms. The number of amides is 1. The number of nitrogens with one attached hydrogen (secondary N) is 1. The van der Waals surface area contributed by atoms with Crippen molar-refractivity contribution < 1.29 is 23.2 Å². The molecular formula is C24H20ClFN4O4. The summed E-state index contributed by atoms with van der Waals surface area (Å²) < 4.78 is 26.5. The lowest BCUT2D eigenvalue weighted by Crippen LogP contribution is -2.34. The first-order chi connectivity index (χ1) is 16.4. The SMILES string of the molecule is Cc1onc(-c2c(F)cccc2Cl)c1C(=O)OCC(=O)N[C@H](c1ccccc1)c1nccn1C. The maximum Gasteiger partial charge on any atom is 0.344 e. The Morgan fingerprint density at radius 2 is 1.97 bits per heavy atom. The van der Waals surface area contributed by atoms with E-state index in [9.17, 15) is 14.0 Å². The quantitative estimate of drug-likeness (QED) is 0.395. The normalized spacial score (nSPS) is 11.8. The van der Waals surface area contributed by atoms with Crippen molar-refractivity contribution in [1.29, 1.82) is 0 Å². The van der Waals surface area contributed by atoms with Crippen LogP contribution < -0.4 is 5.32 Å². The zero-order valence-corrected chi connectivity index (χ0v) is 19.0. The molecular weight excluding hydrogens is 463 g/mol. The lowest BCUT2D eigenvalue weighted by atomic mass is 10.1. The minimum Gasteiger partial charge on any atom is -0.452 e. The van der Waals surface area contributed by atoms with Crippen LogP contribution >= 0.6 is 11.6 Å². The number of ether oxygens (including phenoxy) is 1. The van der Waals surface area contributed by atoms with Gasteiger partial charge in [-0.15, -0.1) is 0 Å². The van der Waals surface area contributed by atoms with Crippen LogP contribution in [0.3, 0.4) is 0 Å². The van der Waals surface area contributed by atoms with E-state index in [0.29, 0.717) is 5.82 Å². The highest BCUT2D eigenvalue weighted by molar-refractivity contribution is 6.33. The van der Waals surface area contributed by atoms with E-state index in [4.69, 9.17) is 20.9 Å². The third-order valence-electron chi connectivity index (χ3n) is 5.16. The number of esters is 1. The molecule has 174 valence electrons. The Hall–Kier alpha value is -3.98. The Morgan fingerprint density at radius 3 is 2.65 bits per heavy atom. The molecule has 0 aliphatic heterocycles. The molecule has 0 fully saturated rings. The van der Waals surface area contributed by atoms with Crippen molar-refractivity contribution in [1.82, 2.24) is 20.0 Å². The largest absolute Gasteiger partial charge is 0.452 e. The summed E-state index contributed by atoms with van der Waals surface area (Å²) >= 11 is 6.11. The van der Waals surface area contributed by atoms with Crippen molar-refractivity contribution in [3.8, 4) is 11.3 Å². The first kappa shape index (κ1) is 23.2. The van der Waals surface area contributed by atoms with E-state index in [-0.39, 0.29) is 27.6 Å². The van der Waals surface area contributed by atoms with E-state index >= 15 is 0 Å². The third kappa shape index (κ3) is 4.69. The van der Waals surface area contributed by atoms with E-state index in [1.807, 2.05) is 37.4 Å². The fourth-order valence-electron chi connectivity index (χ4n) is 3.51. The van der Waals surface area contributed by atoms with Crippen molar-refractivity contribution in [2.75, 3.05) is 6.61 Å². The molecule has 0 radical (unpaired) electrons. The molecule has 1 N–H and O–H groups in total. The van der Waals surface area contributed by atoms with Crippen LogP contribution in [0.25, 0.3) is 11.3 Å². The molecule has 0 unspecified atom stereocenters. The minimum absolute atomic E-state index is 0.0564. The molecule has 2 heterocycles. The average molecular weight is 483 g/mol. The molecule has 0 spiro atoms. The fraction of sp³-hybridized carbons (Fsp3) is 0.167. The third-order valence-corrected chi connectivity index (χ3v) is 5.47. The Bertz CT molecular complexity index is 1320. The van der Waals surface area contributed by atoms with Gasteiger partial charge in [0.2, 0.25) is 0 Å². The lowest BCUT2D eigenvalue weighted by molar-refractivity contribution is -0.124. The molecule has 8 nitrogen and oxygen atoms in total. The average Bonchev–Trinajstić information content (AvgIpc) is 3.42. The Labute approximate surface area is 199 Å². The number of carbonyl (C=O) groups excluding carboxylic acids is 2. The molecule has 2 aromatic heterocycles. The topological polar surface area (TPSA) is 99.2 Å². The summed E-state index contributed by atoms with van der Waals surface area (Å²) in [6.07, 6.45) is 3.39. The van der Waals surface area contributed by atoms with Crippen LogP contribution in [-0.4, -0.2) is 33.2 Å². The summed E-state index contributed by atoms with van der Waals surface area (Å²) in [7, 11) is 1.81. The molecule has 2 aromatic carbocycles. The van der Waals surface area contributed by atoms with E-state index in [1.165, 1.54) is 25.1 Å². The van der Waals surface area contributed by atoms with Crippen LogP contribution in [0.2, 0.25) is 5.02 Å². The summed E-state index contributed by atoms with van der Waals surface area (Å²) in [6, 6.07) is 12.8. The number of aryl methyl sites for hydroxylation is 2. The molecule has 0 saturated heterocycles. The van der Waals surface area contributed by atoms with Crippen LogP contribution in [0.4, 0.5) is 4.39 Å². The smallest absolute Gasteiger partial charge is 0.344 e. The van der Waals surface area contributed by atoms with Gasteiger partial charge in [0.05, 0.1) is 10.6 Å². The van der Waals surface area contributed by atoms with E-state index in [2.05, 4.69) is 15.5 Å². The number of carbonyl (C=O) groups is 2. The number of imidazole rings is 1. The van der Waals surface area contributed by atoms with E-state index < -0.39 is 30.3 Å². The van der Waals surface area contributed by atoms with Crippen molar-refractivity contribution in [2.45, 2.75) is 13.0 Å². The van der Waals surface area contributed by atoms with Gasteiger partial charge in [-0.25, -0.2) is 14.2 Å². The lowest BCUT2D eigenvalue weighted by Gasteiger charge is -2.19. The van der Waals surface area contributed by atoms with Gasteiger partial charge in [0.1, 0.15) is 34.7 Å². The minimum atomic E-state index is -0.892. The maximum atomic E-state index is 14.4. The number of benzene rings is 2.